The van der Waals surface area contributed by atoms with E-state index in [-0.39, 0.29) is 38.5 Å². The number of carbonyl (C=O) groups is 2. The van der Waals surface area contributed by atoms with Crippen LogP contribution in [-0.4, -0.2) is 11.9 Å². The molecular formula is C15H15Cl5O4. The van der Waals surface area contributed by atoms with E-state index in [1.54, 1.807) is 13.8 Å². The Morgan fingerprint density at radius 3 is 1.79 bits per heavy atom. The average Bonchev–Trinajstić information content (AvgIpc) is 2.48. The largest absolute Gasteiger partial charge is 0.404 e. The van der Waals surface area contributed by atoms with Crippen LogP contribution in [0.15, 0.2) is 6.07 Å². The van der Waals surface area contributed by atoms with Crippen LogP contribution in [0.3, 0.4) is 0 Å². The van der Waals surface area contributed by atoms with Crippen molar-refractivity contribution < 1.29 is 19.1 Å². The molecule has 4 nitrogen and oxygen atoms in total. The number of hydrogen-bond acceptors (Lipinski definition) is 4. The van der Waals surface area contributed by atoms with Crippen LogP contribution in [0.5, 0.6) is 0 Å². The highest BCUT2D eigenvalue weighted by Gasteiger charge is 2.42. The minimum Gasteiger partial charge on any atom is -0.404 e. The average molecular weight is 437 g/mol. The molecule has 0 amide bonds. The first kappa shape index (κ1) is 21.7. The third kappa shape index (κ3) is 5.30. The molecule has 0 aliphatic carbocycles. The van der Waals surface area contributed by atoms with Gasteiger partial charge in [0.25, 0.3) is 0 Å². The van der Waals surface area contributed by atoms with Gasteiger partial charge in [-0.1, -0.05) is 60.3 Å². The molecule has 0 fully saturated rings. The molecule has 0 saturated heterocycles. The van der Waals surface area contributed by atoms with E-state index < -0.39 is 17.2 Å². The van der Waals surface area contributed by atoms with E-state index in [9.17, 15) is 9.59 Å². The molecule has 0 aliphatic rings. The topological polar surface area (TPSA) is 52.6 Å². The van der Waals surface area contributed by atoms with Crippen molar-refractivity contribution in [3.63, 3.8) is 0 Å². The van der Waals surface area contributed by atoms with E-state index in [0.29, 0.717) is 12.8 Å². The van der Waals surface area contributed by atoms with Crippen LogP contribution < -0.4 is 0 Å². The molecule has 24 heavy (non-hydrogen) atoms. The SMILES string of the molecule is CCCC(=O)OC(Cl)(OC(=O)CCC)c1cc(Cl)c(Cl)c(Cl)c1Cl. The minimum atomic E-state index is -2.28. The zero-order chi connectivity index (χ0) is 18.5. The number of hydrogen-bond donors (Lipinski definition) is 0. The molecule has 0 saturated carbocycles. The van der Waals surface area contributed by atoms with Crippen LogP contribution in [0, 0.1) is 0 Å². The summed E-state index contributed by atoms with van der Waals surface area (Å²) in [6.45, 7) is 3.56. The maximum absolute atomic E-state index is 11.9. The lowest BCUT2D eigenvalue weighted by molar-refractivity contribution is -0.204. The van der Waals surface area contributed by atoms with Crippen molar-refractivity contribution in [2.24, 2.45) is 0 Å². The van der Waals surface area contributed by atoms with Crippen molar-refractivity contribution in [1.29, 1.82) is 0 Å². The Morgan fingerprint density at radius 2 is 1.38 bits per heavy atom. The summed E-state index contributed by atoms with van der Waals surface area (Å²) in [5.74, 6) is -1.34. The van der Waals surface area contributed by atoms with E-state index in [0.717, 1.165) is 0 Å². The number of esters is 2. The standard InChI is InChI=1S/C15H15Cl5O4/c1-3-5-10(21)23-15(20,24-11(22)6-4-2)8-7-9(16)13(18)14(19)12(8)17/h7H,3-6H2,1-2H3. The van der Waals surface area contributed by atoms with Gasteiger partial charge in [-0.15, -0.1) is 0 Å². The lowest BCUT2D eigenvalue weighted by Gasteiger charge is -2.28. The number of ether oxygens (including phenoxy) is 2. The summed E-state index contributed by atoms with van der Waals surface area (Å²) in [6, 6.07) is 1.24. The van der Waals surface area contributed by atoms with Gasteiger partial charge >= 0.3 is 17.2 Å². The quantitative estimate of drug-likeness (QED) is 0.165. The smallest absolute Gasteiger partial charge is 0.367 e. The maximum atomic E-state index is 11.9. The number of rotatable bonds is 7. The van der Waals surface area contributed by atoms with Crippen molar-refractivity contribution in [3.05, 3.63) is 31.7 Å². The maximum Gasteiger partial charge on any atom is 0.367 e. The minimum absolute atomic E-state index is 0.00543. The summed E-state index contributed by atoms with van der Waals surface area (Å²) in [5, 5.41) is -2.48. The zero-order valence-electron chi connectivity index (χ0n) is 12.9. The van der Waals surface area contributed by atoms with Crippen molar-refractivity contribution in [2.75, 3.05) is 0 Å². The molecule has 0 aromatic heterocycles. The molecule has 0 N–H and O–H groups in total. The molecule has 1 aromatic carbocycles. The van der Waals surface area contributed by atoms with Gasteiger partial charge in [0, 0.05) is 12.8 Å². The lowest BCUT2D eigenvalue weighted by atomic mass is 10.2. The summed E-state index contributed by atoms with van der Waals surface area (Å²) >= 11 is 30.3. The molecular weight excluding hydrogens is 421 g/mol. The van der Waals surface area contributed by atoms with Crippen LogP contribution in [0.1, 0.15) is 45.1 Å². The first-order valence-electron chi connectivity index (χ1n) is 7.12. The van der Waals surface area contributed by atoms with Gasteiger partial charge in [0.05, 0.1) is 25.7 Å². The first-order valence-corrected chi connectivity index (χ1v) is 9.01. The molecule has 1 aromatic rings. The second-order valence-corrected chi connectivity index (χ2v) is 6.87. The summed E-state index contributed by atoms with van der Waals surface area (Å²) in [5.41, 5.74) is -0.0841. The first-order chi connectivity index (χ1) is 11.2. The van der Waals surface area contributed by atoms with Gasteiger partial charge in [0.1, 0.15) is 0 Å². The third-order valence-electron chi connectivity index (χ3n) is 2.82. The number of alkyl halides is 1. The summed E-state index contributed by atoms with van der Waals surface area (Å²) < 4.78 is 10.3. The third-order valence-corrected chi connectivity index (χ3v) is 4.93. The molecule has 9 heteroatoms. The highest BCUT2D eigenvalue weighted by molar-refractivity contribution is 6.52. The Hall–Kier alpha value is -0.390. The van der Waals surface area contributed by atoms with Crippen molar-refractivity contribution >= 4 is 69.9 Å². The normalized spacial score (nSPS) is 11.3. The molecule has 0 heterocycles. The fourth-order valence-corrected chi connectivity index (χ4v) is 3.02. The fourth-order valence-electron chi connectivity index (χ4n) is 1.72. The van der Waals surface area contributed by atoms with Gasteiger partial charge in [0.2, 0.25) is 0 Å². The Bertz CT molecular complexity index is 613. The Balaban J connectivity index is 3.36. The molecule has 0 radical (unpaired) electrons. The van der Waals surface area contributed by atoms with Crippen LogP contribution in [0.25, 0.3) is 0 Å². The Labute approximate surface area is 165 Å². The highest BCUT2D eigenvalue weighted by Crippen LogP contribution is 2.45. The number of halogens is 5. The Morgan fingerprint density at radius 1 is 0.917 bits per heavy atom. The molecule has 134 valence electrons. The van der Waals surface area contributed by atoms with Crippen LogP contribution >= 0.6 is 58.0 Å². The van der Waals surface area contributed by atoms with Gasteiger partial charge in [-0.05, 0) is 30.5 Å². The Kier molecular flexibility index (Phi) is 8.43. The summed E-state index contributed by atoms with van der Waals surface area (Å²) in [6.07, 6.45) is 1.19. The second-order valence-electron chi connectivity index (χ2n) is 4.83. The molecule has 0 unspecified atom stereocenters. The van der Waals surface area contributed by atoms with E-state index in [2.05, 4.69) is 0 Å². The molecule has 0 bridgehead atoms. The summed E-state index contributed by atoms with van der Waals surface area (Å²) in [4.78, 5) is 23.8. The highest BCUT2D eigenvalue weighted by atomic mass is 35.5. The fraction of sp³-hybridized carbons (Fsp3) is 0.467. The second kappa shape index (κ2) is 9.35. The van der Waals surface area contributed by atoms with E-state index in [1.807, 2.05) is 0 Å². The molecule has 0 spiro atoms. The van der Waals surface area contributed by atoms with Crippen LogP contribution in [-0.2, 0) is 24.3 Å². The predicted octanol–water partition coefficient (Wildman–Crippen LogP) is 6.34. The van der Waals surface area contributed by atoms with E-state index >= 15 is 0 Å². The van der Waals surface area contributed by atoms with Crippen molar-refractivity contribution in [3.8, 4) is 0 Å². The summed E-state index contributed by atoms with van der Waals surface area (Å²) in [7, 11) is 0. The zero-order valence-corrected chi connectivity index (χ0v) is 16.7. The number of benzene rings is 1. The van der Waals surface area contributed by atoms with E-state index in [4.69, 9.17) is 67.5 Å². The van der Waals surface area contributed by atoms with Crippen molar-refractivity contribution in [1.82, 2.24) is 0 Å². The van der Waals surface area contributed by atoms with Gasteiger partial charge in [0.15, 0.2) is 0 Å². The molecule has 0 atom stereocenters. The lowest BCUT2D eigenvalue weighted by Crippen LogP contribution is -2.32. The van der Waals surface area contributed by atoms with Gasteiger partial charge in [-0.2, -0.15) is 0 Å². The van der Waals surface area contributed by atoms with Crippen LogP contribution in [0.2, 0.25) is 20.1 Å². The molecule has 0 aliphatic heterocycles. The number of carbonyl (C=O) groups excluding carboxylic acids is 2. The van der Waals surface area contributed by atoms with E-state index in [1.165, 1.54) is 6.07 Å². The van der Waals surface area contributed by atoms with Crippen LogP contribution in [0.4, 0.5) is 0 Å². The van der Waals surface area contributed by atoms with Gasteiger partial charge in [-0.25, -0.2) is 0 Å². The van der Waals surface area contributed by atoms with Crippen molar-refractivity contribution in [2.45, 2.75) is 44.8 Å². The monoisotopic (exact) mass is 434 g/mol. The van der Waals surface area contributed by atoms with Gasteiger partial charge < -0.3 is 9.47 Å². The molecule has 1 rings (SSSR count). The van der Waals surface area contributed by atoms with Gasteiger partial charge in [-0.3, -0.25) is 9.59 Å². The predicted molar refractivity (Wildman–Crippen MR) is 96.0 cm³/mol.